The molecule has 1 amide bonds. The number of carbonyl (C=O) groups is 2. The Morgan fingerprint density at radius 2 is 1.80 bits per heavy atom. The first-order valence-electron chi connectivity index (χ1n) is 10.0. The second-order valence-electron chi connectivity index (χ2n) is 7.13. The second-order valence-corrected chi connectivity index (χ2v) is 8.01. The first-order valence-corrected chi connectivity index (χ1v) is 10.9. The van der Waals surface area contributed by atoms with Crippen LogP contribution in [0, 0.1) is 6.92 Å². The molecule has 3 rings (SSSR count). The molecule has 0 aliphatic carbocycles. The molecule has 30 heavy (non-hydrogen) atoms. The summed E-state index contributed by atoms with van der Waals surface area (Å²) in [6.45, 7) is 6.39. The van der Waals surface area contributed by atoms with E-state index in [1.54, 1.807) is 6.92 Å². The van der Waals surface area contributed by atoms with Gasteiger partial charge in [0, 0.05) is 16.5 Å². The van der Waals surface area contributed by atoms with E-state index in [0.717, 1.165) is 22.3 Å². The molecule has 0 aliphatic heterocycles. The first-order chi connectivity index (χ1) is 14.5. The molecule has 0 aliphatic rings. The predicted octanol–water partition coefficient (Wildman–Crippen LogP) is 4.16. The second kappa shape index (κ2) is 10.2. The molecule has 0 saturated heterocycles. The van der Waals surface area contributed by atoms with E-state index in [-0.39, 0.29) is 25.1 Å². The van der Waals surface area contributed by atoms with Crippen LogP contribution < -0.4 is 10.6 Å². The minimum atomic E-state index is -0.425. The van der Waals surface area contributed by atoms with E-state index in [1.807, 2.05) is 72.2 Å². The molecule has 3 N–H and O–H groups in total. The lowest BCUT2D eigenvalue weighted by atomic mass is 10.0. The van der Waals surface area contributed by atoms with E-state index >= 15 is 0 Å². The zero-order valence-electron chi connectivity index (χ0n) is 17.5. The van der Waals surface area contributed by atoms with Gasteiger partial charge in [-0.15, -0.1) is 11.3 Å². The normalized spacial score (nSPS) is 11.7. The van der Waals surface area contributed by atoms with E-state index in [9.17, 15) is 9.59 Å². The number of rotatable bonds is 8. The number of esters is 1. The Bertz CT molecular complexity index is 997. The number of nitrogens with one attached hydrogen (secondary N) is 1. The van der Waals surface area contributed by atoms with Crippen LogP contribution in [0.1, 0.15) is 41.4 Å². The topological polar surface area (TPSA) is 72.0 Å². The number of quaternary nitrogens is 1. The maximum Gasteiger partial charge on any atom is 0.341 e. The third kappa shape index (κ3) is 5.34. The molecule has 2 aromatic carbocycles. The highest BCUT2D eigenvalue weighted by Crippen LogP contribution is 2.36. The summed E-state index contributed by atoms with van der Waals surface area (Å²) in [6.07, 6.45) is 0. The Morgan fingerprint density at radius 1 is 1.10 bits per heavy atom. The van der Waals surface area contributed by atoms with Gasteiger partial charge in [0.1, 0.15) is 16.6 Å². The van der Waals surface area contributed by atoms with Crippen LogP contribution in [-0.4, -0.2) is 25.0 Å². The number of benzene rings is 2. The number of carbonyl (C=O) groups excluding carboxylic acids is 2. The average molecular weight is 424 g/mol. The molecule has 1 atom stereocenters. The van der Waals surface area contributed by atoms with Crippen molar-refractivity contribution in [3.05, 3.63) is 76.7 Å². The van der Waals surface area contributed by atoms with Crippen molar-refractivity contribution in [2.75, 3.05) is 18.5 Å². The highest BCUT2D eigenvalue weighted by molar-refractivity contribution is 7.15. The molecule has 156 valence electrons. The number of ether oxygens (including phenoxy) is 1. The average Bonchev–Trinajstić information content (AvgIpc) is 3.17. The number of hydrogen-bond acceptors (Lipinski definition) is 4. The molecule has 0 spiro atoms. The summed E-state index contributed by atoms with van der Waals surface area (Å²) in [4.78, 5) is 25.2. The molecule has 1 aromatic heterocycles. The largest absolute Gasteiger partial charge is 0.462 e. The number of hydrogen-bond donors (Lipinski definition) is 2. The molecule has 6 heteroatoms. The van der Waals surface area contributed by atoms with Crippen LogP contribution in [0.2, 0.25) is 0 Å². The van der Waals surface area contributed by atoms with E-state index in [4.69, 9.17) is 4.74 Å². The lowest BCUT2D eigenvalue weighted by molar-refractivity contribution is -0.682. The van der Waals surface area contributed by atoms with Gasteiger partial charge in [0.05, 0.1) is 6.61 Å². The summed E-state index contributed by atoms with van der Waals surface area (Å²) in [6, 6.07) is 18.2. The summed E-state index contributed by atoms with van der Waals surface area (Å²) in [5.41, 5.74) is 4.41. The Labute approximate surface area is 181 Å². The van der Waals surface area contributed by atoms with Crippen molar-refractivity contribution in [1.29, 1.82) is 0 Å². The van der Waals surface area contributed by atoms with Crippen molar-refractivity contribution in [2.45, 2.75) is 26.8 Å². The van der Waals surface area contributed by atoms with Gasteiger partial charge in [-0.05, 0) is 26.3 Å². The highest BCUT2D eigenvalue weighted by atomic mass is 32.1. The molecule has 3 aromatic rings. The molecule has 5 nitrogen and oxygen atoms in total. The van der Waals surface area contributed by atoms with E-state index in [0.29, 0.717) is 10.6 Å². The lowest BCUT2D eigenvalue weighted by Crippen LogP contribution is -2.86. The molecular weight excluding hydrogens is 396 g/mol. The van der Waals surface area contributed by atoms with Crippen LogP contribution in [-0.2, 0) is 9.53 Å². The van der Waals surface area contributed by atoms with Crippen molar-refractivity contribution in [1.82, 2.24) is 0 Å². The van der Waals surface area contributed by atoms with Gasteiger partial charge in [-0.25, -0.2) is 4.79 Å². The minimum Gasteiger partial charge on any atom is -0.462 e. The number of amides is 1. The van der Waals surface area contributed by atoms with Crippen molar-refractivity contribution in [3.63, 3.8) is 0 Å². The van der Waals surface area contributed by atoms with Crippen molar-refractivity contribution in [2.24, 2.45) is 0 Å². The number of anilines is 1. The molecule has 0 radical (unpaired) electrons. The fraction of sp³-hybridized carbons (Fsp3) is 0.250. The Balaban J connectivity index is 1.75. The van der Waals surface area contributed by atoms with Crippen LogP contribution in [0.5, 0.6) is 0 Å². The molecule has 0 bridgehead atoms. The molecule has 0 fully saturated rings. The summed E-state index contributed by atoms with van der Waals surface area (Å²) >= 11 is 1.34. The van der Waals surface area contributed by atoms with E-state index < -0.39 is 5.97 Å². The maximum absolute atomic E-state index is 12.6. The van der Waals surface area contributed by atoms with Gasteiger partial charge in [0.15, 0.2) is 6.54 Å². The van der Waals surface area contributed by atoms with Crippen molar-refractivity contribution >= 4 is 28.2 Å². The Hall–Kier alpha value is -2.96. The summed E-state index contributed by atoms with van der Waals surface area (Å²) in [5.74, 6) is -0.577. The SMILES string of the molecule is CCOC(=O)c1c(-c2ccc(C)cc2)csc1NC(=O)C[NH2+][C@H](C)c1ccccc1. The van der Waals surface area contributed by atoms with Crippen molar-refractivity contribution in [3.8, 4) is 11.1 Å². The monoisotopic (exact) mass is 423 g/mol. The van der Waals surface area contributed by atoms with Crippen LogP contribution in [0.3, 0.4) is 0 Å². The first kappa shape index (κ1) is 21.7. The minimum absolute atomic E-state index is 0.152. The Morgan fingerprint density at radius 3 is 2.47 bits per heavy atom. The summed E-state index contributed by atoms with van der Waals surface area (Å²) in [5, 5.41) is 7.30. The van der Waals surface area contributed by atoms with Crippen LogP contribution >= 0.6 is 11.3 Å². The van der Waals surface area contributed by atoms with Gasteiger partial charge in [-0.1, -0.05) is 60.2 Å². The fourth-order valence-electron chi connectivity index (χ4n) is 3.16. The third-order valence-corrected chi connectivity index (χ3v) is 5.76. The third-order valence-electron chi connectivity index (χ3n) is 4.87. The quantitative estimate of drug-likeness (QED) is 0.534. The number of nitrogens with two attached hydrogens (primary N) is 1. The van der Waals surface area contributed by atoms with Gasteiger partial charge in [-0.2, -0.15) is 0 Å². The summed E-state index contributed by atoms with van der Waals surface area (Å²) in [7, 11) is 0. The van der Waals surface area contributed by atoms with Crippen LogP contribution in [0.15, 0.2) is 60.0 Å². The highest BCUT2D eigenvalue weighted by Gasteiger charge is 2.23. The Kier molecular flexibility index (Phi) is 7.38. The van der Waals surface area contributed by atoms with Crippen LogP contribution in [0.4, 0.5) is 5.00 Å². The molecule has 1 heterocycles. The van der Waals surface area contributed by atoms with Gasteiger partial charge in [0.2, 0.25) is 0 Å². The maximum atomic E-state index is 12.6. The standard InChI is InChI=1S/C24H26N2O3S/c1-4-29-24(28)22-20(19-12-10-16(2)11-13-19)15-30-23(22)26-21(27)14-25-17(3)18-8-6-5-7-9-18/h5-13,15,17,25H,4,14H2,1-3H3,(H,26,27)/p+1/t17-/m1/s1. The van der Waals surface area contributed by atoms with Gasteiger partial charge >= 0.3 is 5.97 Å². The number of aryl methyl sites for hydroxylation is 1. The predicted molar refractivity (Wildman–Crippen MR) is 121 cm³/mol. The fourth-order valence-corrected chi connectivity index (χ4v) is 4.13. The zero-order valence-corrected chi connectivity index (χ0v) is 18.3. The van der Waals surface area contributed by atoms with E-state index in [2.05, 4.69) is 12.2 Å². The molecule has 0 unspecified atom stereocenters. The van der Waals surface area contributed by atoms with Gasteiger partial charge < -0.3 is 15.4 Å². The van der Waals surface area contributed by atoms with Gasteiger partial charge in [-0.3, -0.25) is 4.79 Å². The number of thiophene rings is 1. The van der Waals surface area contributed by atoms with Crippen LogP contribution in [0.25, 0.3) is 11.1 Å². The van der Waals surface area contributed by atoms with Crippen molar-refractivity contribution < 1.29 is 19.6 Å². The lowest BCUT2D eigenvalue weighted by Gasteiger charge is -2.11. The molecule has 0 saturated carbocycles. The summed E-state index contributed by atoms with van der Waals surface area (Å²) < 4.78 is 5.26. The smallest absolute Gasteiger partial charge is 0.341 e. The molecular formula is C24H27N2O3S+. The zero-order chi connectivity index (χ0) is 21.5. The van der Waals surface area contributed by atoms with E-state index in [1.165, 1.54) is 11.3 Å². The van der Waals surface area contributed by atoms with Gasteiger partial charge in [0.25, 0.3) is 5.91 Å².